The Labute approximate surface area is 69.4 Å². The molecule has 0 aromatic heterocycles. The van der Waals surface area contributed by atoms with Crippen molar-refractivity contribution < 1.29 is 5.11 Å². The summed E-state index contributed by atoms with van der Waals surface area (Å²) in [4.78, 5) is 0. The lowest BCUT2D eigenvalue weighted by Crippen LogP contribution is -1.74. The molecule has 0 radical (unpaired) electrons. The number of aliphatic hydroxyl groups excluding tert-OH is 1. The Morgan fingerprint density at radius 1 is 1.00 bits per heavy atom. The van der Waals surface area contributed by atoms with Crippen molar-refractivity contribution in [3.8, 4) is 0 Å². The van der Waals surface area contributed by atoms with Gasteiger partial charge in [-0.05, 0) is 32.6 Å². The van der Waals surface area contributed by atoms with E-state index in [9.17, 15) is 0 Å². The molecule has 0 aliphatic carbocycles. The lowest BCUT2D eigenvalue weighted by Gasteiger charge is -1.93. The maximum Gasteiger partial charge on any atom is 0.0751 e. The molecular formula is C10H18O. The lowest BCUT2D eigenvalue weighted by molar-refractivity contribution is 0.469. The molecule has 0 heterocycles. The van der Waals surface area contributed by atoms with Crippen molar-refractivity contribution in [3.63, 3.8) is 0 Å². The van der Waals surface area contributed by atoms with Crippen LogP contribution in [0.1, 0.15) is 39.0 Å². The Morgan fingerprint density at radius 2 is 1.64 bits per heavy atom. The fourth-order valence-corrected chi connectivity index (χ4v) is 0.942. The van der Waals surface area contributed by atoms with Crippen molar-refractivity contribution in [2.24, 2.45) is 0 Å². The van der Waals surface area contributed by atoms with Gasteiger partial charge in [0.15, 0.2) is 0 Å². The molecule has 0 bridgehead atoms. The molecule has 64 valence electrons. The molecule has 0 atom stereocenters. The van der Waals surface area contributed by atoms with Crippen LogP contribution in [-0.4, -0.2) is 5.11 Å². The fourth-order valence-electron chi connectivity index (χ4n) is 0.942. The monoisotopic (exact) mass is 154 g/mol. The van der Waals surface area contributed by atoms with Crippen molar-refractivity contribution in [1.82, 2.24) is 0 Å². The largest absolute Gasteiger partial charge is 0.516 e. The van der Waals surface area contributed by atoms with Crippen LogP contribution in [0.3, 0.4) is 0 Å². The van der Waals surface area contributed by atoms with E-state index < -0.39 is 0 Å². The molecule has 0 aromatic rings. The Hall–Kier alpha value is -0.720. The van der Waals surface area contributed by atoms with E-state index in [0.29, 0.717) is 0 Å². The summed E-state index contributed by atoms with van der Waals surface area (Å²) in [6.07, 6.45) is 13.1. The molecule has 0 saturated carbocycles. The zero-order valence-corrected chi connectivity index (χ0v) is 7.29. The second kappa shape index (κ2) is 9.28. The number of hydrogen-bond acceptors (Lipinski definition) is 1. The summed E-state index contributed by atoms with van der Waals surface area (Å²) in [6, 6.07) is 0. The number of rotatable bonds is 6. The number of unbranched alkanes of at least 4 members (excludes halogenated alkanes) is 4. The first-order valence-corrected chi connectivity index (χ1v) is 4.32. The van der Waals surface area contributed by atoms with E-state index in [1.165, 1.54) is 25.7 Å². The topological polar surface area (TPSA) is 20.2 Å². The lowest BCUT2D eigenvalue weighted by atomic mass is 10.1. The highest BCUT2D eigenvalue weighted by Gasteiger charge is 1.84. The van der Waals surface area contributed by atoms with Gasteiger partial charge in [0, 0.05) is 0 Å². The first-order chi connectivity index (χ1) is 5.41. The van der Waals surface area contributed by atoms with E-state index in [-0.39, 0.29) is 0 Å². The molecule has 1 heteroatoms. The summed E-state index contributed by atoms with van der Waals surface area (Å²) in [5.41, 5.74) is 0. The SMILES string of the molecule is C/C=C/CCCCC/C=C/O. The van der Waals surface area contributed by atoms with Crippen LogP contribution in [0.25, 0.3) is 0 Å². The van der Waals surface area contributed by atoms with E-state index in [1.807, 2.05) is 0 Å². The van der Waals surface area contributed by atoms with Gasteiger partial charge in [-0.1, -0.05) is 24.6 Å². The summed E-state index contributed by atoms with van der Waals surface area (Å²) in [5.74, 6) is 0. The second-order valence-electron chi connectivity index (χ2n) is 2.59. The van der Waals surface area contributed by atoms with Gasteiger partial charge in [0.25, 0.3) is 0 Å². The predicted molar refractivity (Wildman–Crippen MR) is 49.7 cm³/mol. The van der Waals surface area contributed by atoms with Crippen LogP contribution < -0.4 is 0 Å². The van der Waals surface area contributed by atoms with Crippen LogP contribution in [0, 0.1) is 0 Å². The molecule has 0 saturated heterocycles. The van der Waals surface area contributed by atoms with Crippen LogP contribution in [-0.2, 0) is 0 Å². The van der Waals surface area contributed by atoms with Crippen molar-refractivity contribution in [1.29, 1.82) is 0 Å². The molecule has 0 aromatic carbocycles. The minimum atomic E-state index is 1.01. The third-order valence-electron chi connectivity index (χ3n) is 1.58. The second-order valence-corrected chi connectivity index (χ2v) is 2.59. The van der Waals surface area contributed by atoms with Crippen LogP contribution in [0.15, 0.2) is 24.5 Å². The predicted octanol–water partition coefficient (Wildman–Crippen LogP) is 3.58. The first kappa shape index (κ1) is 10.3. The van der Waals surface area contributed by atoms with Gasteiger partial charge >= 0.3 is 0 Å². The molecule has 0 fully saturated rings. The average Bonchev–Trinajstić information content (AvgIpc) is 2.03. The molecule has 1 nitrogen and oxygen atoms in total. The van der Waals surface area contributed by atoms with E-state index in [1.54, 1.807) is 6.08 Å². The van der Waals surface area contributed by atoms with Crippen molar-refractivity contribution in [2.75, 3.05) is 0 Å². The van der Waals surface area contributed by atoms with Gasteiger partial charge in [-0.25, -0.2) is 0 Å². The van der Waals surface area contributed by atoms with Crippen molar-refractivity contribution in [2.45, 2.75) is 39.0 Å². The van der Waals surface area contributed by atoms with Gasteiger partial charge in [-0.2, -0.15) is 0 Å². The summed E-state index contributed by atoms with van der Waals surface area (Å²) >= 11 is 0. The van der Waals surface area contributed by atoms with Gasteiger partial charge in [0.05, 0.1) is 6.26 Å². The van der Waals surface area contributed by atoms with Gasteiger partial charge in [0.2, 0.25) is 0 Å². The van der Waals surface area contributed by atoms with Crippen LogP contribution in [0.4, 0.5) is 0 Å². The standard InChI is InChI=1S/C10H18O/c1-2-3-4-5-6-7-8-9-10-11/h2-3,9-11H,4-8H2,1H3/b3-2+,10-9+. The molecule has 0 unspecified atom stereocenters. The molecular weight excluding hydrogens is 136 g/mol. The highest BCUT2D eigenvalue weighted by molar-refractivity contribution is 4.76. The molecule has 0 aliphatic heterocycles. The Kier molecular flexibility index (Phi) is 8.67. The van der Waals surface area contributed by atoms with Crippen molar-refractivity contribution >= 4 is 0 Å². The Balaban J connectivity index is 2.90. The highest BCUT2D eigenvalue weighted by Crippen LogP contribution is 2.03. The van der Waals surface area contributed by atoms with E-state index in [4.69, 9.17) is 5.11 Å². The normalized spacial score (nSPS) is 11.7. The number of allylic oxidation sites excluding steroid dienone is 3. The molecule has 0 spiro atoms. The maximum atomic E-state index is 8.32. The van der Waals surface area contributed by atoms with Gasteiger partial charge in [-0.15, -0.1) is 0 Å². The minimum absolute atomic E-state index is 1.01. The molecule has 11 heavy (non-hydrogen) atoms. The Morgan fingerprint density at radius 3 is 2.18 bits per heavy atom. The summed E-state index contributed by atoms with van der Waals surface area (Å²) in [5, 5.41) is 8.32. The van der Waals surface area contributed by atoms with Crippen molar-refractivity contribution in [3.05, 3.63) is 24.5 Å². The summed E-state index contributed by atoms with van der Waals surface area (Å²) < 4.78 is 0. The third-order valence-corrected chi connectivity index (χ3v) is 1.58. The quantitative estimate of drug-likeness (QED) is 0.352. The van der Waals surface area contributed by atoms with Gasteiger partial charge < -0.3 is 5.11 Å². The highest BCUT2D eigenvalue weighted by atomic mass is 16.2. The minimum Gasteiger partial charge on any atom is -0.516 e. The van der Waals surface area contributed by atoms with Gasteiger partial charge in [-0.3, -0.25) is 0 Å². The fraction of sp³-hybridized carbons (Fsp3) is 0.600. The Bertz CT molecular complexity index is 100. The smallest absolute Gasteiger partial charge is 0.0751 e. The summed E-state index contributed by atoms with van der Waals surface area (Å²) in [7, 11) is 0. The molecule has 1 N–H and O–H groups in total. The van der Waals surface area contributed by atoms with E-state index >= 15 is 0 Å². The van der Waals surface area contributed by atoms with Gasteiger partial charge in [0.1, 0.15) is 0 Å². The molecule has 0 rings (SSSR count). The van der Waals surface area contributed by atoms with E-state index in [0.717, 1.165) is 12.7 Å². The zero-order valence-electron chi connectivity index (χ0n) is 7.29. The molecule has 0 amide bonds. The average molecular weight is 154 g/mol. The third kappa shape index (κ3) is 9.28. The number of aliphatic hydroxyl groups is 1. The zero-order chi connectivity index (χ0) is 8.36. The van der Waals surface area contributed by atoms with Crippen LogP contribution >= 0.6 is 0 Å². The van der Waals surface area contributed by atoms with E-state index in [2.05, 4.69) is 19.1 Å². The first-order valence-electron chi connectivity index (χ1n) is 4.32. The molecule has 0 aliphatic rings. The maximum absolute atomic E-state index is 8.32. The van der Waals surface area contributed by atoms with Crippen LogP contribution in [0.5, 0.6) is 0 Å². The van der Waals surface area contributed by atoms with Crippen LogP contribution in [0.2, 0.25) is 0 Å². The number of hydrogen-bond donors (Lipinski definition) is 1. The summed E-state index contributed by atoms with van der Waals surface area (Å²) in [6.45, 7) is 2.05.